The van der Waals surface area contributed by atoms with Crippen molar-refractivity contribution in [3.05, 3.63) is 35.6 Å². The normalized spacial score (nSPS) is 23.0. The maximum absolute atomic E-state index is 13.7. The first-order valence-electron chi connectivity index (χ1n) is 9.61. The molecule has 1 amide bonds. The van der Waals surface area contributed by atoms with Crippen molar-refractivity contribution in [1.29, 1.82) is 0 Å². The zero-order chi connectivity index (χ0) is 17.6. The van der Waals surface area contributed by atoms with Crippen molar-refractivity contribution in [2.75, 3.05) is 45.8 Å². The molecule has 1 aromatic carbocycles. The molecule has 4 nitrogen and oxygen atoms in total. The number of hydrogen-bond acceptors (Lipinski definition) is 3. The second kappa shape index (κ2) is 8.77. The quantitative estimate of drug-likeness (QED) is 0.818. The van der Waals surface area contributed by atoms with E-state index in [9.17, 15) is 9.18 Å². The number of piperazine rings is 1. The van der Waals surface area contributed by atoms with Gasteiger partial charge in [0.25, 0.3) is 0 Å². The Morgan fingerprint density at radius 3 is 2.52 bits per heavy atom. The van der Waals surface area contributed by atoms with Crippen LogP contribution in [0.5, 0.6) is 0 Å². The van der Waals surface area contributed by atoms with Gasteiger partial charge in [0.15, 0.2) is 0 Å². The number of piperidine rings is 1. The number of benzene rings is 1. The first-order chi connectivity index (χ1) is 12.1. The fourth-order valence-electron chi connectivity index (χ4n) is 3.90. The lowest BCUT2D eigenvalue weighted by Crippen LogP contribution is -2.52. The van der Waals surface area contributed by atoms with Crippen molar-refractivity contribution in [3.8, 4) is 0 Å². The summed E-state index contributed by atoms with van der Waals surface area (Å²) in [5.74, 6) is 0.175. The summed E-state index contributed by atoms with van der Waals surface area (Å²) in [6.45, 7) is 8.27. The highest BCUT2D eigenvalue weighted by Crippen LogP contribution is 2.17. The zero-order valence-electron chi connectivity index (χ0n) is 15.3. The van der Waals surface area contributed by atoms with Crippen LogP contribution in [0.4, 0.5) is 4.39 Å². The molecular weight excluding hydrogens is 317 g/mol. The van der Waals surface area contributed by atoms with Crippen molar-refractivity contribution in [2.45, 2.75) is 38.6 Å². The summed E-state index contributed by atoms with van der Waals surface area (Å²) in [5.41, 5.74) is 0.791. The Kier molecular flexibility index (Phi) is 6.43. The van der Waals surface area contributed by atoms with E-state index >= 15 is 0 Å². The van der Waals surface area contributed by atoms with Crippen molar-refractivity contribution in [1.82, 2.24) is 14.7 Å². The molecule has 2 aliphatic heterocycles. The molecule has 0 unspecified atom stereocenters. The average Bonchev–Trinajstić information content (AvgIpc) is 2.62. The van der Waals surface area contributed by atoms with Crippen LogP contribution in [0.1, 0.15) is 31.7 Å². The van der Waals surface area contributed by atoms with Crippen LogP contribution >= 0.6 is 0 Å². The van der Waals surface area contributed by atoms with Gasteiger partial charge in [-0.05, 0) is 44.2 Å². The number of likely N-dealkylation sites (tertiary alicyclic amines) is 1. The molecule has 2 saturated heterocycles. The molecule has 0 aliphatic carbocycles. The van der Waals surface area contributed by atoms with Gasteiger partial charge in [-0.25, -0.2) is 4.39 Å². The van der Waals surface area contributed by atoms with Crippen LogP contribution in [0.25, 0.3) is 0 Å². The summed E-state index contributed by atoms with van der Waals surface area (Å²) in [5, 5.41) is 0. The summed E-state index contributed by atoms with van der Waals surface area (Å²) in [6, 6.07) is 7.41. The molecule has 1 aromatic rings. The SMILES string of the molecule is C[C@H]1CCCCN1C(=O)CN1CCN(CCc2ccccc2F)CC1. The highest BCUT2D eigenvalue weighted by molar-refractivity contribution is 5.78. The lowest BCUT2D eigenvalue weighted by Gasteiger charge is -2.38. The Morgan fingerprint density at radius 1 is 1.08 bits per heavy atom. The number of amides is 1. The van der Waals surface area contributed by atoms with Gasteiger partial charge in [0.1, 0.15) is 5.82 Å². The molecule has 0 aromatic heterocycles. The molecule has 0 radical (unpaired) electrons. The minimum Gasteiger partial charge on any atom is -0.339 e. The van der Waals surface area contributed by atoms with Crippen LogP contribution in [0.15, 0.2) is 24.3 Å². The molecule has 5 heteroatoms. The lowest BCUT2D eigenvalue weighted by molar-refractivity contribution is -0.136. The van der Waals surface area contributed by atoms with E-state index in [0.29, 0.717) is 12.6 Å². The van der Waals surface area contributed by atoms with Gasteiger partial charge in [-0.15, -0.1) is 0 Å². The molecule has 2 heterocycles. The van der Waals surface area contributed by atoms with E-state index in [1.165, 1.54) is 12.5 Å². The maximum Gasteiger partial charge on any atom is 0.236 e. The smallest absolute Gasteiger partial charge is 0.236 e. The lowest BCUT2D eigenvalue weighted by atomic mass is 10.0. The number of carbonyl (C=O) groups is 1. The molecule has 0 bridgehead atoms. The third kappa shape index (κ3) is 5.02. The van der Waals surface area contributed by atoms with Gasteiger partial charge in [-0.2, -0.15) is 0 Å². The second-order valence-electron chi connectivity index (χ2n) is 7.39. The Morgan fingerprint density at radius 2 is 1.80 bits per heavy atom. The highest BCUT2D eigenvalue weighted by Gasteiger charge is 2.26. The van der Waals surface area contributed by atoms with Crippen LogP contribution in [0.2, 0.25) is 0 Å². The minimum absolute atomic E-state index is 0.109. The molecule has 0 N–H and O–H groups in total. The van der Waals surface area contributed by atoms with Crippen LogP contribution in [0.3, 0.4) is 0 Å². The van der Waals surface area contributed by atoms with Crippen molar-refractivity contribution >= 4 is 5.91 Å². The van der Waals surface area contributed by atoms with Crippen molar-refractivity contribution in [3.63, 3.8) is 0 Å². The van der Waals surface area contributed by atoms with E-state index in [4.69, 9.17) is 0 Å². The van der Waals surface area contributed by atoms with Gasteiger partial charge in [0.2, 0.25) is 5.91 Å². The summed E-state index contributed by atoms with van der Waals surface area (Å²) < 4.78 is 13.7. The second-order valence-corrected chi connectivity index (χ2v) is 7.39. The van der Waals surface area contributed by atoms with Crippen LogP contribution < -0.4 is 0 Å². The molecule has 0 spiro atoms. The topological polar surface area (TPSA) is 26.8 Å². The van der Waals surface area contributed by atoms with E-state index in [1.807, 2.05) is 12.1 Å². The van der Waals surface area contributed by atoms with Gasteiger partial charge >= 0.3 is 0 Å². The van der Waals surface area contributed by atoms with E-state index in [2.05, 4.69) is 21.6 Å². The number of carbonyl (C=O) groups excluding carboxylic acids is 1. The molecule has 25 heavy (non-hydrogen) atoms. The summed E-state index contributed by atoms with van der Waals surface area (Å²) in [4.78, 5) is 19.2. The van der Waals surface area contributed by atoms with Gasteiger partial charge in [0, 0.05) is 45.3 Å². The number of hydrogen-bond donors (Lipinski definition) is 0. The van der Waals surface area contributed by atoms with Crippen molar-refractivity contribution in [2.24, 2.45) is 0 Å². The van der Waals surface area contributed by atoms with Crippen molar-refractivity contribution < 1.29 is 9.18 Å². The van der Waals surface area contributed by atoms with Gasteiger partial charge in [0.05, 0.1) is 6.54 Å². The first-order valence-corrected chi connectivity index (χ1v) is 9.61. The predicted molar refractivity (Wildman–Crippen MR) is 98.0 cm³/mol. The molecule has 138 valence electrons. The van der Waals surface area contributed by atoms with E-state index < -0.39 is 0 Å². The zero-order valence-corrected chi connectivity index (χ0v) is 15.3. The van der Waals surface area contributed by atoms with Crippen LogP contribution in [-0.4, -0.2) is 72.5 Å². The minimum atomic E-state index is -0.109. The Bertz CT molecular complexity index is 572. The Labute approximate surface area is 150 Å². The fraction of sp³-hybridized carbons (Fsp3) is 0.650. The molecular formula is C20H30FN3O. The summed E-state index contributed by atoms with van der Waals surface area (Å²) >= 11 is 0. The van der Waals surface area contributed by atoms with Gasteiger partial charge in [-0.1, -0.05) is 18.2 Å². The standard InChI is InChI=1S/C20H30FN3O/c1-17-6-4-5-10-24(17)20(25)16-23-14-12-22(13-15-23)11-9-18-7-2-3-8-19(18)21/h2-3,7-8,17H,4-6,9-16H2,1H3/t17-/m0/s1. The van der Waals surface area contributed by atoms with E-state index in [1.54, 1.807) is 6.07 Å². The molecule has 2 aliphatic rings. The van der Waals surface area contributed by atoms with E-state index in [-0.39, 0.29) is 11.7 Å². The highest BCUT2D eigenvalue weighted by atomic mass is 19.1. The van der Waals surface area contributed by atoms with Crippen LogP contribution in [0, 0.1) is 5.82 Å². The molecule has 1 atom stereocenters. The summed E-state index contributed by atoms with van der Waals surface area (Å²) in [6.07, 6.45) is 4.26. The fourth-order valence-corrected chi connectivity index (χ4v) is 3.90. The molecule has 2 fully saturated rings. The van der Waals surface area contributed by atoms with Crippen LogP contribution in [-0.2, 0) is 11.2 Å². The monoisotopic (exact) mass is 347 g/mol. The third-order valence-corrected chi connectivity index (χ3v) is 5.60. The largest absolute Gasteiger partial charge is 0.339 e. The van der Waals surface area contributed by atoms with E-state index in [0.717, 1.165) is 64.1 Å². The predicted octanol–water partition coefficient (Wildman–Crippen LogP) is 2.39. The number of rotatable bonds is 5. The third-order valence-electron chi connectivity index (χ3n) is 5.60. The number of nitrogens with zero attached hydrogens (tertiary/aromatic N) is 3. The Balaban J connectivity index is 1.40. The average molecular weight is 347 g/mol. The Hall–Kier alpha value is -1.46. The summed E-state index contributed by atoms with van der Waals surface area (Å²) in [7, 11) is 0. The van der Waals surface area contributed by atoms with Gasteiger partial charge < -0.3 is 9.80 Å². The molecule has 3 rings (SSSR count). The maximum atomic E-state index is 13.7. The first kappa shape index (κ1) is 18.3. The molecule has 0 saturated carbocycles. The number of halogens is 1. The van der Waals surface area contributed by atoms with Gasteiger partial charge in [-0.3, -0.25) is 9.69 Å².